The summed E-state index contributed by atoms with van der Waals surface area (Å²) in [5.41, 5.74) is 0.215. The second kappa shape index (κ2) is 7.77. The molecule has 0 aliphatic carbocycles. The maximum atomic E-state index is 13.0. The molecule has 1 amide bonds. The lowest BCUT2D eigenvalue weighted by Gasteiger charge is -2.04. The molecule has 3 aromatic rings. The summed E-state index contributed by atoms with van der Waals surface area (Å²) >= 11 is 0. The summed E-state index contributed by atoms with van der Waals surface area (Å²) in [6.07, 6.45) is 3.38. The Morgan fingerprint density at radius 3 is 2.73 bits per heavy atom. The Morgan fingerprint density at radius 2 is 2.00 bits per heavy atom. The number of unbranched alkanes of at least 4 members (excludes halogenated alkanes) is 1. The highest BCUT2D eigenvalue weighted by Gasteiger charge is 2.12. The first kappa shape index (κ1) is 17.6. The molecule has 2 aromatic heterocycles. The van der Waals surface area contributed by atoms with Crippen LogP contribution in [-0.4, -0.2) is 31.6 Å². The molecule has 0 saturated carbocycles. The standard InChI is InChI=1S/C17H19FN6O2/c1-2-3-9-19-15(25)11-24-17(26)23-10-8-14(21-16(23)22-24)20-13-6-4-12(18)5-7-13/h4-8,10H,2-3,9,11H2,1H3,(H,19,25)(H,20,21,22). The molecule has 0 aliphatic heterocycles. The van der Waals surface area contributed by atoms with Gasteiger partial charge in [0.2, 0.25) is 5.91 Å². The maximum Gasteiger partial charge on any atom is 0.352 e. The van der Waals surface area contributed by atoms with E-state index in [9.17, 15) is 14.0 Å². The van der Waals surface area contributed by atoms with E-state index in [1.165, 1.54) is 22.7 Å². The Kier molecular flexibility index (Phi) is 5.26. The van der Waals surface area contributed by atoms with Crippen molar-refractivity contribution in [2.45, 2.75) is 26.3 Å². The molecule has 0 atom stereocenters. The first-order valence-corrected chi connectivity index (χ1v) is 8.32. The fourth-order valence-corrected chi connectivity index (χ4v) is 2.36. The van der Waals surface area contributed by atoms with E-state index >= 15 is 0 Å². The second-order valence-electron chi connectivity index (χ2n) is 5.76. The lowest BCUT2D eigenvalue weighted by atomic mass is 10.3. The van der Waals surface area contributed by atoms with Gasteiger partial charge in [0.05, 0.1) is 0 Å². The summed E-state index contributed by atoms with van der Waals surface area (Å²) in [4.78, 5) is 28.4. The van der Waals surface area contributed by atoms with Crippen LogP contribution in [0.25, 0.3) is 5.78 Å². The molecule has 2 heterocycles. The molecule has 0 fully saturated rings. The largest absolute Gasteiger partial charge is 0.354 e. The number of fused-ring (bicyclic) bond motifs is 1. The van der Waals surface area contributed by atoms with Crippen molar-refractivity contribution in [3.8, 4) is 0 Å². The molecule has 0 bridgehead atoms. The minimum Gasteiger partial charge on any atom is -0.354 e. The SMILES string of the molecule is CCCCNC(=O)Cn1nc2nc(Nc3ccc(F)cc3)ccn2c1=O. The highest BCUT2D eigenvalue weighted by molar-refractivity contribution is 5.75. The number of nitrogens with one attached hydrogen (secondary N) is 2. The predicted octanol–water partition coefficient (Wildman–Crippen LogP) is 1.69. The van der Waals surface area contributed by atoms with Crippen molar-refractivity contribution in [1.29, 1.82) is 0 Å². The van der Waals surface area contributed by atoms with E-state index in [0.717, 1.165) is 17.5 Å². The summed E-state index contributed by atoms with van der Waals surface area (Å²) in [7, 11) is 0. The van der Waals surface area contributed by atoms with Gasteiger partial charge in [-0.05, 0) is 36.8 Å². The van der Waals surface area contributed by atoms with Crippen molar-refractivity contribution in [2.24, 2.45) is 0 Å². The number of hydrogen-bond acceptors (Lipinski definition) is 5. The van der Waals surface area contributed by atoms with Gasteiger partial charge >= 0.3 is 5.69 Å². The molecule has 0 saturated heterocycles. The molecule has 0 aliphatic rings. The average Bonchev–Trinajstić information content (AvgIpc) is 2.92. The molecule has 9 heteroatoms. The van der Waals surface area contributed by atoms with Crippen LogP contribution in [0.15, 0.2) is 41.3 Å². The van der Waals surface area contributed by atoms with Crippen LogP contribution >= 0.6 is 0 Å². The van der Waals surface area contributed by atoms with Gasteiger partial charge in [-0.2, -0.15) is 4.98 Å². The maximum absolute atomic E-state index is 13.0. The van der Waals surface area contributed by atoms with E-state index in [4.69, 9.17) is 0 Å². The van der Waals surface area contributed by atoms with Crippen LogP contribution in [0.4, 0.5) is 15.9 Å². The highest BCUT2D eigenvalue weighted by atomic mass is 19.1. The van der Waals surface area contributed by atoms with Crippen LogP contribution < -0.4 is 16.3 Å². The molecule has 0 unspecified atom stereocenters. The van der Waals surface area contributed by atoms with Crippen molar-refractivity contribution < 1.29 is 9.18 Å². The third-order valence-electron chi connectivity index (χ3n) is 3.72. The van der Waals surface area contributed by atoms with E-state index in [1.807, 2.05) is 6.92 Å². The van der Waals surface area contributed by atoms with Gasteiger partial charge in [0.15, 0.2) is 0 Å². The molecule has 0 radical (unpaired) electrons. The van der Waals surface area contributed by atoms with Crippen molar-refractivity contribution in [3.63, 3.8) is 0 Å². The van der Waals surface area contributed by atoms with E-state index in [0.29, 0.717) is 18.1 Å². The number of halogens is 1. The molecule has 26 heavy (non-hydrogen) atoms. The van der Waals surface area contributed by atoms with E-state index in [-0.39, 0.29) is 24.0 Å². The van der Waals surface area contributed by atoms with E-state index in [1.54, 1.807) is 18.2 Å². The Hall–Kier alpha value is -3.23. The molecule has 2 N–H and O–H groups in total. The van der Waals surface area contributed by atoms with Gasteiger partial charge in [-0.1, -0.05) is 13.3 Å². The van der Waals surface area contributed by atoms with Crippen molar-refractivity contribution in [1.82, 2.24) is 24.5 Å². The molecular formula is C17H19FN6O2. The number of hydrogen-bond donors (Lipinski definition) is 2. The minimum absolute atomic E-state index is 0.160. The van der Waals surface area contributed by atoms with E-state index < -0.39 is 5.69 Å². The first-order valence-electron chi connectivity index (χ1n) is 8.32. The Balaban J connectivity index is 1.76. The number of anilines is 2. The van der Waals surface area contributed by atoms with E-state index in [2.05, 4.69) is 20.7 Å². The second-order valence-corrected chi connectivity index (χ2v) is 5.76. The van der Waals surface area contributed by atoms with Gasteiger partial charge in [-0.15, -0.1) is 5.10 Å². The molecule has 8 nitrogen and oxygen atoms in total. The third-order valence-corrected chi connectivity index (χ3v) is 3.72. The molecule has 3 rings (SSSR count). The normalized spacial score (nSPS) is 10.8. The molecular weight excluding hydrogens is 339 g/mol. The Bertz CT molecular complexity index is 964. The summed E-state index contributed by atoms with van der Waals surface area (Å²) in [5, 5.41) is 9.84. The number of carbonyl (C=O) groups is 1. The van der Waals surface area contributed by atoms with Crippen molar-refractivity contribution in [2.75, 3.05) is 11.9 Å². The van der Waals surface area contributed by atoms with Crippen molar-refractivity contribution in [3.05, 3.63) is 52.8 Å². The number of nitrogens with zero attached hydrogens (tertiary/aromatic N) is 4. The Labute approximate surface area is 148 Å². The van der Waals surface area contributed by atoms with Crippen LogP contribution in [0.5, 0.6) is 0 Å². The number of carbonyl (C=O) groups excluding carboxylic acids is 1. The summed E-state index contributed by atoms with van der Waals surface area (Å²) < 4.78 is 15.3. The number of aromatic nitrogens is 4. The first-order chi connectivity index (χ1) is 12.6. The lowest BCUT2D eigenvalue weighted by Crippen LogP contribution is -2.33. The zero-order valence-corrected chi connectivity index (χ0v) is 14.3. The monoisotopic (exact) mass is 358 g/mol. The van der Waals surface area contributed by atoms with Gasteiger partial charge in [0.1, 0.15) is 18.2 Å². The minimum atomic E-state index is -0.438. The number of amides is 1. The van der Waals surface area contributed by atoms with Gasteiger partial charge in [0.25, 0.3) is 5.78 Å². The number of benzene rings is 1. The fraction of sp³-hybridized carbons (Fsp3) is 0.294. The van der Waals surface area contributed by atoms with Crippen LogP contribution in [0, 0.1) is 5.82 Å². The quantitative estimate of drug-likeness (QED) is 0.627. The topological polar surface area (TPSA) is 93.3 Å². The number of rotatable bonds is 7. The summed E-state index contributed by atoms with van der Waals surface area (Å²) in [6.45, 7) is 2.44. The third kappa shape index (κ3) is 4.05. The van der Waals surface area contributed by atoms with Gasteiger partial charge in [-0.25, -0.2) is 18.3 Å². The van der Waals surface area contributed by atoms with Crippen LogP contribution in [0.3, 0.4) is 0 Å². The zero-order chi connectivity index (χ0) is 18.5. The van der Waals surface area contributed by atoms with Gasteiger partial charge in [-0.3, -0.25) is 4.79 Å². The molecule has 1 aromatic carbocycles. The zero-order valence-electron chi connectivity index (χ0n) is 14.3. The Morgan fingerprint density at radius 1 is 1.23 bits per heavy atom. The summed E-state index contributed by atoms with van der Waals surface area (Å²) in [5.74, 6) is 0.0206. The highest BCUT2D eigenvalue weighted by Crippen LogP contribution is 2.14. The lowest BCUT2D eigenvalue weighted by molar-refractivity contribution is -0.121. The van der Waals surface area contributed by atoms with Crippen LogP contribution in [-0.2, 0) is 11.3 Å². The average molecular weight is 358 g/mol. The van der Waals surface area contributed by atoms with Gasteiger partial charge in [0, 0.05) is 18.4 Å². The fourth-order valence-electron chi connectivity index (χ4n) is 2.36. The van der Waals surface area contributed by atoms with Crippen LogP contribution in [0.2, 0.25) is 0 Å². The van der Waals surface area contributed by atoms with Crippen molar-refractivity contribution >= 4 is 23.2 Å². The molecule has 0 spiro atoms. The predicted molar refractivity (Wildman–Crippen MR) is 94.8 cm³/mol. The smallest absolute Gasteiger partial charge is 0.352 e. The summed E-state index contributed by atoms with van der Waals surface area (Å²) in [6, 6.07) is 7.42. The van der Waals surface area contributed by atoms with Crippen LogP contribution in [0.1, 0.15) is 19.8 Å². The van der Waals surface area contributed by atoms with Gasteiger partial charge < -0.3 is 10.6 Å². The molecule has 136 valence electrons.